The molecule has 0 bridgehead atoms. The number of hydrogen-bond donors (Lipinski definition) is 2. The summed E-state index contributed by atoms with van der Waals surface area (Å²) in [5, 5.41) is 5.98. The predicted molar refractivity (Wildman–Crippen MR) is 93.8 cm³/mol. The van der Waals surface area contributed by atoms with Crippen LogP contribution in [0.15, 0.2) is 23.1 Å². The fourth-order valence-electron chi connectivity index (χ4n) is 3.39. The minimum Gasteiger partial charge on any atom is -0.349 e. The van der Waals surface area contributed by atoms with Gasteiger partial charge in [0.05, 0.1) is 10.9 Å². The van der Waals surface area contributed by atoms with E-state index in [1.54, 1.807) is 6.07 Å². The van der Waals surface area contributed by atoms with Crippen LogP contribution in [-0.4, -0.2) is 23.1 Å². The number of carbonyl (C=O) groups is 2. The van der Waals surface area contributed by atoms with Gasteiger partial charge >= 0.3 is 0 Å². The van der Waals surface area contributed by atoms with Crippen LogP contribution in [0.25, 0.3) is 0 Å². The molecule has 4 atom stereocenters. The van der Waals surface area contributed by atoms with E-state index in [0.717, 1.165) is 17.0 Å². The third-order valence-corrected chi connectivity index (χ3v) is 6.37. The van der Waals surface area contributed by atoms with Crippen LogP contribution in [0.2, 0.25) is 0 Å². The third kappa shape index (κ3) is 3.39. The van der Waals surface area contributed by atoms with Crippen LogP contribution in [0, 0.1) is 11.8 Å². The molecule has 1 aliphatic heterocycles. The molecule has 4 nitrogen and oxygen atoms in total. The number of nitrogens with one attached hydrogen (secondary N) is 2. The van der Waals surface area contributed by atoms with Gasteiger partial charge in [0.1, 0.15) is 0 Å². The number of anilines is 1. The van der Waals surface area contributed by atoms with Crippen LogP contribution in [-0.2, 0) is 4.79 Å². The van der Waals surface area contributed by atoms with E-state index in [1.807, 2.05) is 19.1 Å². The zero-order valence-corrected chi connectivity index (χ0v) is 14.7. The average Bonchev–Trinajstić information content (AvgIpc) is 2.52. The Hall–Kier alpha value is -1.49. The monoisotopic (exact) mass is 332 g/mol. The topological polar surface area (TPSA) is 58.2 Å². The molecule has 1 fully saturated rings. The number of carbonyl (C=O) groups excluding carboxylic acids is 2. The molecule has 5 heteroatoms. The predicted octanol–water partition coefficient (Wildman–Crippen LogP) is 3.67. The molecule has 2 amide bonds. The maximum Gasteiger partial charge on any atom is 0.251 e. The van der Waals surface area contributed by atoms with Crippen LogP contribution in [0.4, 0.5) is 5.69 Å². The van der Waals surface area contributed by atoms with Crippen molar-refractivity contribution in [3.05, 3.63) is 23.8 Å². The summed E-state index contributed by atoms with van der Waals surface area (Å²) in [7, 11) is 0. The first-order chi connectivity index (χ1) is 11.0. The van der Waals surface area contributed by atoms with E-state index in [2.05, 4.69) is 24.5 Å². The van der Waals surface area contributed by atoms with Gasteiger partial charge in [0.2, 0.25) is 5.91 Å². The molecule has 2 aliphatic rings. The zero-order valence-electron chi connectivity index (χ0n) is 13.9. The Morgan fingerprint density at radius 3 is 2.83 bits per heavy atom. The van der Waals surface area contributed by atoms with Crippen molar-refractivity contribution < 1.29 is 9.59 Å². The fourth-order valence-corrected chi connectivity index (χ4v) is 4.32. The number of benzene rings is 1. The second-order valence-electron chi connectivity index (χ2n) is 6.81. The second kappa shape index (κ2) is 6.56. The molecule has 1 aromatic carbocycles. The first-order valence-electron chi connectivity index (χ1n) is 8.38. The van der Waals surface area contributed by atoms with Crippen LogP contribution in [0.3, 0.4) is 0 Å². The summed E-state index contributed by atoms with van der Waals surface area (Å²) in [6, 6.07) is 5.81. The van der Waals surface area contributed by atoms with Gasteiger partial charge in [0, 0.05) is 16.5 Å². The van der Waals surface area contributed by atoms with Gasteiger partial charge in [-0.15, -0.1) is 11.8 Å². The van der Waals surface area contributed by atoms with Crippen LogP contribution >= 0.6 is 11.8 Å². The summed E-state index contributed by atoms with van der Waals surface area (Å²) in [5.74, 6) is 1.10. The summed E-state index contributed by atoms with van der Waals surface area (Å²) < 4.78 is 0. The highest BCUT2D eigenvalue weighted by Gasteiger charge is 2.29. The van der Waals surface area contributed by atoms with Gasteiger partial charge in [0.25, 0.3) is 5.91 Å². The van der Waals surface area contributed by atoms with Crippen LogP contribution in [0.1, 0.15) is 50.4 Å². The van der Waals surface area contributed by atoms with Crippen LogP contribution in [0.5, 0.6) is 0 Å². The Labute approximate surface area is 141 Å². The van der Waals surface area contributed by atoms with E-state index >= 15 is 0 Å². The molecule has 0 unspecified atom stereocenters. The summed E-state index contributed by atoms with van der Waals surface area (Å²) >= 11 is 1.53. The van der Waals surface area contributed by atoms with Crippen molar-refractivity contribution in [2.45, 2.75) is 56.2 Å². The Bertz CT molecular complexity index is 631. The highest BCUT2D eigenvalue weighted by molar-refractivity contribution is 8.00. The molecule has 124 valence electrons. The lowest BCUT2D eigenvalue weighted by molar-refractivity contribution is -0.115. The van der Waals surface area contributed by atoms with Crippen molar-refractivity contribution in [1.29, 1.82) is 0 Å². The molecular weight excluding hydrogens is 308 g/mol. The fraction of sp³-hybridized carbons (Fsp3) is 0.556. The highest BCUT2D eigenvalue weighted by atomic mass is 32.2. The second-order valence-corrected chi connectivity index (χ2v) is 8.19. The molecule has 23 heavy (non-hydrogen) atoms. The van der Waals surface area contributed by atoms with E-state index in [0.29, 0.717) is 17.4 Å². The summed E-state index contributed by atoms with van der Waals surface area (Å²) in [4.78, 5) is 25.4. The van der Waals surface area contributed by atoms with Gasteiger partial charge in [-0.3, -0.25) is 9.59 Å². The lowest BCUT2D eigenvalue weighted by Gasteiger charge is -2.34. The van der Waals surface area contributed by atoms with E-state index in [9.17, 15) is 9.59 Å². The standard InChI is InChI=1S/C18H24N2O2S/c1-10-5-4-6-14(11(10)2)19-18(22)13-7-8-16-15(9-13)20-17(21)12(3)23-16/h7-12,14H,4-6H2,1-3H3,(H,19,22)(H,20,21)/t10-,11+,12-,14+/m0/s1. The summed E-state index contributed by atoms with van der Waals surface area (Å²) in [6.07, 6.45) is 3.46. The minimum atomic E-state index is -0.0910. The Morgan fingerprint density at radius 1 is 1.26 bits per heavy atom. The molecule has 1 saturated carbocycles. The maximum absolute atomic E-state index is 12.6. The number of thioether (sulfide) groups is 1. The van der Waals surface area contributed by atoms with Gasteiger partial charge in [0.15, 0.2) is 0 Å². The van der Waals surface area contributed by atoms with Crippen molar-refractivity contribution in [2.75, 3.05) is 5.32 Å². The first kappa shape index (κ1) is 16.4. The first-order valence-corrected chi connectivity index (χ1v) is 9.26. The molecule has 0 radical (unpaired) electrons. The van der Waals surface area contributed by atoms with E-state index in [-0.39, 0.29) is 23.1 Å². The Balaban J connectivity index is 1.73. The minimum absolute atomic E-state index is 0.00483. The van der Waals surface area contributed by atoms with E-state index in [4.69, 9.17) is 0 Å². The van der Waals surface area contributed by atoms with Crippen molar-refractivity contribution in [2.24, 2.45) is 11.8 Å². The molecule has 1 aromatic rings. The smallest absolute Gasteiger partial charge is 0.251 e. The summed E-state index contributed by atoms with van der Waals surface area (Å²) in [6.45, 7) is 6.37. The molecule has 0 spiro atoms. The van der Waals surface area contributed by atoms with Crippen molar-refractivity contribution in [3.63, 3.8) is 0 Å². The van der Waals surface area contributed by atoms with Crippen molar-refractivity contribution in [1.82, 2.24) is 5.32 Å². The Kier molecular flexibility index (Phi) is 4.67. The highest BCUT2D eigenvalue weighted by Crippen LogP contribution is 2.36. The number of amides is 2. The van der Waals surface area contributed by atoms with Gasteiger partial charge < -0.3 is 10.6 Å². The largest absolute Gasteiger partial charge is 0.349 e. The van der Waals surface area contributed by atoms with E-state index < -0.39 is 0 Å². The lowest BCUT2D eigenvalue weighted by Crippen LogP contribution is -2.43. The normalized spacial score (nSPS) is 30.3. The molecular formula is C18H24N2O2S. The SMILES string of the molecule is C[C@@H]1[C@@H](C)CCC[C@H]1NC(=O)c1ccc2c(c1)NC(=O)[C@H](C)S2. The number of hydrogen-bond acceptors (Lipinski definition) is 3. The number of rotatable bonds is 2. The molecule has 1 heterocycles. The molecule has 3 rings (SSSR count). The Morgan fingerprint density at radius 2 is 2.04 bits per heavy atom. The molecule has 2 N–H and O–H groups in total. The van der Waals surface area contributed by atoms with Gasteiger partial charge in [-0.25, -0.2) is 0 Å². The molecule has 1 aliphatic carbocycles. The third-order valence-electron chi connectivity index (χ3n) is 5.20. The zero-order chi connectivity index (χ0) is 16.6. The van der Waals surface area contributed by atoms with Gasteiger partial charge in [-0.05, 0) is 43.4 Å². The molecule has 0 aromatic heterocycles. The van der Waals surface area contributed by atoms with E-state index in [1.165, 1.54) is 24.6 Å². The van der Waals surface area contributed by atoms with Crippen LogP contribution < -0.4 is 10.6 Å². The quantitative estimate of drug-likeness (QED) is 0.869. The average molecular weight is 332 g/mol. The lowest BCUT2D eigenvalue weighted by atomic mass is 9.78. The summed E-state index contributed by atoms with van der Waals surface area (Å²) in [5.41, 5.74) is 1.36. The van der Waals surface area contributed by atoms with Gasteiger partial charge in [-0.1, -0.05) is 26.7 Å². The maximum atomic E-state index is 12.6. The van der Waals surface area contributed by atoms with Crippen molar-refractivity contribution in [3.8, 4) is 0 Å². The van der Waals surface area contributed by atoms with Crippen molar-refractivity contribution >= 4 is 29.3 Å². The van der Waals surface area contributed by atoms with Gasteiger partial charge in [-0.2, -0.15) is 0 Å². The molecule has 0 saturated heterocycles. The number of fused-ring (bicyclic) bond motifs is 1.